The summed E-state index contributed by atoms with van der Waals surface area (Å²) in [6.07, 6.45) is 9.58. The maximum Gasteiger partial charge on any atom is 0.0332 e. The van der Waals surface area contributed by atoms with Crippen molar-refractivity contribution in [2.24, 2.45) is 17.6 Å². The molecule has 1 saturated heterocycles. The van der Waals surface area contributed by atoms with E-state index >= 15 is 0 Å². The summed E-state index contributed by atoms with van der Waals surface area (Å²) in [5.74, 6) is 1.71. The van der Waals surface area contributed by atoms with Crippen LogP contribution in [0.2, 0.25) is 0 Å². The summed E-state index contributed by atoms with van der Waals surface area (Å²) < 4.78 is 0. The van der Waals surface area contributed by atoms with Crippen LogP contribution < -0.4 is 5.73 Å². The van der Waals surface area contributed by atoms with Gasteiger partial charge in [0.25, 0.3) is 0 Å². The fourth-order valence-corrected chi connectivity index (χ4v) is 4.82. The lowest BCUT2D eigenvalue weighted by molar-refractivity contribution is 0.0946. The van der Waals surface area contributed by atoms with E-state index in [4.69, 9.17) is 5.73 Å². The van der Waals surface area contributed by atoms with Crippen LogP contribution in [0.4, 0.5) is 0 Å². The molecule has 0 aromatic rings. The van der Waals surface area contributed by atoms with E-state index in [0.29, 0.717) is 11.6 Å². The predicted molar refractivity (Wildman–Crippen MR) is 91.5 cm³/mol. The normalized spacial score (nSPS) is 38.9. The molecule has 2 N–H and O–H groups in total. The van der Waals surface area contributed by atoms with Gasteiger partial charge < -0.3 is 10.6 Å². The largest absolute Gasteiger partial charge is 0.329 e. The zero-order valence-corrected chi connectivity index (χ0v) is 14.8. The lowest BCUT2D eigenvalue weighted by Crippen LogP contribution is -2.53. The molecular weight excluding hydrogens is 258 g/mol. The molecule has 0 radical (unpaired) electrons. The van der Waals surface area contributed by atoms with E-state index in [-0.39, 0.29) is 0 Å². The summed E-state index contributed by atoms with van der Waals surface area (Å²) in [6, 6.07) is 0.697. The van der Waals surface area contributed by atoms with Gasteiger partial charge in [-0.05, 0) is 45.2 Å². The van der Waals surface area contributed by atoms with Crippen molar-refractivity contribution in [1.82, 2.24) is 9.80 Å². The van der Waals surface area contributed by atoms with Gasteiger partial charge in [0.15, 0.2) is 0 Å². The van der Waals surface area contributed by atoms with Crippen LogP contribution >= 0.6 is 0 Å². The molecule has 1 saturated carbocycles. The number of likely N-dealkylation sites (tertiary alicyclic amines) is 1. The van der Waals surface area contributed by atoms with Crippen LogP contribution in [0.3, 0.4) is 0 Å². The molecule has 0 spiro atoms. The third-order valence-corrected chi connectivity index (χ3v) is 6.26. The SMILES string of the molecule is CCCC1CCCC(CN)(N2CC(C)C(N(C)C)C2)CC1. The molecule has 1 aliphatic carbocycles. The number of likely N-dealkylation sites (N-methyl/N-ethyl adjacent to an activating group) is 1. The van der Waals surface area contributed by atoms with E-state index in [9.17, 15) is 0 Å². The fraction of sp³-hybridized carbons (Fsp3) is 1.00. The van der Waals surface area contributed by atoms with Gasteiger partial charge in [-0.1, -0.05) is 39.5 Å². The highest BCUT2D eigenvalue weighted by Gasteiger charge is 2.43. The summed E-state index contributed by atoms with van der Waals surface area (Å²) in [7, 11) is 4.45. The Morgan fingerprint density at radius 2 is 1.95 bits per heavy atom. The van der Waals surface area contributed by atoms with Crippen molar-refractivity contribution >= 4 is 0 Å². The minimum absolute atomic E-state index is 0.293. The van der Waals surface area contributed by atoms with E-state index in [1.54, 1.807) is 0 Å². The second-order valence-electron chi connectivity index (χ2n) is 7.93. The van der Waals surface area contributed by atoms with Gasteiger partial charge in [0.1, 0.15) is 0 Å². The molecule has 1 aliphatic heterocycles. The predicted octanol–water partition coefficient (Wildman–Crippen LogP) is 2.95. The number of nitrogens with zero attached hydrogens (tertiary/aromatic N) is 2. The summed E-state index contributed by atoms with van der Waals surface area (Å²) in [5.41, 5.74) is 6.61. The first-order chi connectivity index (χ1) is 10.0. The van der Waals surface area contributed by atoms with Crippen molar-refractivity contribution in [2.45, 2.75) is 70.4 Å². The van der Waals surface area contributed by atoms with Crippen LogP contribution in [-0.4, -0.2) is 55.1 Å². The van der Waals surface area contributed by atoms with E-state index in [0.717, 1.165) is 18.4 Å². The van der Waals surface area contributed by atoms with E-state index in [1.807, 2.05) is 0 Å². The molecule has 2 rings (SSSR count). The van der Waals surface area contributed by atoms with Crippen LogP contribution in [0, 0.1) is 11.8 Å². The van der Waals surface area contributed by atoms with Gasteiger partial charge in [-0.3, -0.25) is 4.90 Å². The van der Waals surface area contributed by atoms with Gasteiger partial charge in [-0.2, -0.15) is 0 Å². The first-order valence-corrected chi connectivity index (χ1v) is 9.14. The molecule has 2 aliphatic rings. The first kappa shape index (κ1) is 17.2. The molecule has 4 unspecified atom stereocenters. The highest BCUT2D eigenvalue weighted by atomic mass is 15.3. The minimum atomic E-state index is 0.293. The molecule has 2 fully saturated rings. The number of hydrogen-bond acceptors (Lipinski definition) is 3. The van der Waals surface area contributed by atoms with Gasteiger partial charge in [0.05, 0.1) is 0 Å². The van der Waals surface area contributed by atoms with Crippen molar-refractivity contribution in [2.75, 3.05) is 33.7 Å². The van der Waals surface area contributed by atoms with Crippen LogP contribution in [0.25, 0.3) is 0 Å². The van der Waals surface area contributed by atoms with E-state index < -0.39 is 0 Å². The Kier molecular flexibility index (Phi) is 6.10. The Morgan fingerprint density at radius 1 is 1.19 bits per heavy atom. The molecule has 21 heavy (non-hydrogen) atoms. The number of nitrogens with two attached hydrogens (primary N) is 1. The van der Waals surface area contributed by atoms with Crippen molar-refractivity contribution < 1.29 is 0 Å². The van der Waals surface area contributed by atoms with Gasteiger partial charge >= 0.3 is 0 Å². The molecule has 0 aromatic carbocycles. The zero-order chi connectivity index (χ0) is 15.5. The van der Waals surface area contributed by atoms with Gasteiger partial charge in [-0.15, -0.1) is 0 Å². The molecule has 4 atom stereocenters. The van der Waals surface area contributed by atoms with E-state index in [2.05, 4.69) is 37.7 Å². The monoisotopic (exact) mass is 295 g/mol. The van der Waals surface area contributed by atoms with Crippen molar-refractivity contribution in [1.29, 1.82) is 0 Å². The second-order valence-corrected chi connectivity index (χ2v) is 7.93. The van der Waals surface area contributed by atoms with Crippen molar-refractivity contribution in [3.05, 3.63) is 0 Å². The van der Waals surface area contributed by atoms with Crippen LogP contribution in [0.1, 0.15) is 58.8 Å². The highest BCUT2D eigenvalue weighted by molar-refractivity contribution is 5.00. The highest BCUT2D eigenvalue weighted by Crippen LogP contribution is 2.38. The molecule has 124 valence electrons. The Bertz CT molecular complexity index is 318. The van der Waals surface area contributed by atoms with Crippen LogP contribution in [0.5, 0.6) is 0 Å². The maximum atomic E-state index is 6.32. The third-order valence-electron chi connectivity index (χ3n) is 6.26. The van der Waals surface area contributed by atoms with E-state index in [1.165, 1.54) is 58.0 Å². The van der Waals surface area contributed by atoms with Gasteiger partial charge in [-0.25, -0.2) is 0 Å². The smallest absolute Gasteiger partial charge is 0.0332 e. The van der Waals surface area contributed by atoms with Gasteiger partial charge in [0.2, 0.25) is 0 Å². The first-order valence-electron chi connectivity index (χ1n) is 9.14. The molecule has 0 aromatic heterocycles. The number of hydrogen-bond donors (Lipinski definition) is 1. The standard InChI is InChI=1S/C18H37N3/c1-5-7-16-8-6-10-18(14-19,11-9-16)21-12-15(2)17(13-21)20(3)4/h15-17H,5-14,19H2,1-4H3. The molecular formula is C18H37N3. The lowest BCUT2D eigenvalue weighted by atomic mass is 9.87. The second kappa shape index (κ2) is 7.43. The molecule has 0 amide bonds. The Labute approximate surface area is 132 Å². The maximum absolute atomic E-state index is 6.32. The quantitative estimate of drug-likeness (QED) is 0.792. The summed E-state index contributed by atoms with van der Waals surface area (Å²) >= 11 is 0. The average molecular weight is 296 g/mol. The summed E-state index contributed by atoms with van der Waals surface area (Å²) in [4.78, 5) is 5.17. The lowest BCUT2D eigenvalue weighted by Gasteiger charge is -2.41. The molecule has 0 bridgehead atoms. The van der Waals surface area contributed by atoms with Crippen LogP contribution in [0.15, 0.2) is 0 Å². The molecule has 1 heterocycles. The fourth-order valence-electron chi connectivity index (χ4n) is 4.82. The Morgan fingerprint density at radius 3 is 2.52 bits per heavy atom. The average Bonchev–Trinajstić information content (AvgIpc) is 2.73. The zero-order valence-electron chi connectivity index (χ0n) is 14.8. The minimum Gasteiger partial charge on any atom is -0.329 e. The van der Waals surface area contributed by atoms with Crippen molar-refractivity contribution in [3.8, 4) is 0 Å². The Balaban J connectivity index is 2.04. The van der Waals surface area contributed by atoms with Crippen molar-refractivity contribution in [3.63, 3.8) is 0 Å². The number of rotatable bonds is 5. The molecule has 3 heteroatoms. The third kappa shape index (κ3) is 3.80. The molecule has 3 nitrogen and oxygen atoms in total. The summed E-state index contributed by atoms with van der Waals surface area (Å²) in [5, 5.41) is 0. The Hall–Kier alpha value is -0.120. The van der Waals surface area contributed by atoms with Gasteiger partial charge in [0, 0.05) is 31.2 Å². The van der Waals surface area contributed by atoms with Crippen LogP contribution in [-0.2, 0) is 0 Å². The summed E-state index contributed by atoms with van der Waals surface area (Å²) in [6.45, 7) is 8.03. The topological polar surface area (TPSA) is 32.5 Å².